The Morgan fingerprint density at radius 2 is 0.929 bits per heavy atom. The van der Waals surface area contributed by atoms with E-state index < -0.39 is 0 Å². The molecule has 0 atom stereocenters. The van der Waals surface area contributed by atoms with Gasteiger partial charge in [-0.2, -0.15) is 0 Å². The van der Waals surface area contributed by atoms with Crippen molar-refractivity contribution >= 4 is 67.9 Å². The summed E-state index contributed by atoms with van der Waals surface area (Å²) in [6, 6.07) is 16.7. The zero-order valence-corrected chi connectivity index (χ0v) is 17.8. The molecule has 136 valence electrons. The first-order chi connectivity index (χ1) is 13.7. The molecule has 0 unspecified atom stereocenters. The Morgan fingerprint density at radius 1 is 0.500 bits per heavy atom. The first-order valence-corrected chi connectivity index (χ1v) is 12.0. The van der Waals surface area contributed by atoms with Crippen molar-refractivity contribution in [2.75, 3.05) is 0 Å². The summed E-state index contributed by atoms with van der Waals surface area (Å²) in [5, 5.41) is 21.3. The average molecular weight is 435 g/mol. The lowest BCUT2D eigenvalue weighted by molar-refractivity contribution is 1.49. The standard InChI is InChI=1S/C22H14N2S4/c23-21-13(15-7-9-19(27-15)17-3-1-11-25-17)5-6-14(22(21)24)16-8-10-20(28-16)18-4-2-12-26-18/h1-12,23-24H. The van der Waals surface area contributed by atoms with Gasteiger partial charge in [0.25, 0.3) is 0 Å². The van der Waals surface area contributed by atoms with E-state index >= 15 is 0 Å². The molecule has 1 aliphatic rings. The third-order valence-electron chi connectivity index (χ3n) is 4.48. The van der Waals surface area contributed by atoms with E-state index in [-0.39, 0.29) is 0 Å². The Hall–Kier alpha value is -2.38. The molecule has 0 spiro atoms. The van der Waals surface area contributed by atoms with Crippen LogP contribution in [0.25, 0.3) is 30.7 Å². The van der Waals surface area contributed by atoms with Gasteiger partial charge in [-0.3, -0.25) is 10.8 Å². The monoisotopic (exact) mass is 434 g/mol. The zero-order valence-electron chi connectivity index (χ0n) is 14.6. The van der Waals surface area contributed by atoms with Crippen LogP contribution in [0.2, 0.25) is 0 Å². The molecule has 0 aliphatic heterocycles. The number of hydrogen-bond donors (Lipinski definition) is 2. The maximum atomic E-state index is 8.58. The number of thiophene rings is 4. The molecule has 0 amide bonds. The minimum atomic E-state index is 0.295. The molecule has 2 N–H and O–H groups in total. The topological polar surface area (TPSA) is 47.7 Å². The lowest BCUT2D eigenvalue weighted by atomic mass is 9.92. The minimum absolute atomic E-state index is 0.295. The van der Waals surface area contributed by atoms with E-state index in [2.05, 4.69) is 59.3 Å². The fraction of sp³-hybridized carbons (Fsp3) is 0. The Kier molecular flexibility index (Phi) is 4.56. The maximum Gasteiger partial charge on any atom is 0.0882 e. The van der Waals surface area contributed by atoms with Crippen molar-refractivity contribution < 1.29 is 0 Å². The second kappa shape index (κ2) is 7.22. The van der Waals surface area contributed by atoms with E-state index in [4.69, 9.17) is 10.8 Å². The molecule has 4 aromatic heterocycles. The summed E-state index contributed by atoms with van der Waals surface area (Å²) < 4.78 is 0. The van der Waals surface area contributed by atoms with Crippen LogP contribution in [0.15, 0.2) is 71.4 Å². The van der Waals surface area contributed by atoms with Crippen molar-refractivity contribution in [2.24, 2.45) is 0 Å². The first kappa shape index (κ1) is 17.7. The first-order valence-electron chi connectivity index (χ1n) is 8.59. The average Bonchev–Trinajstić information content (AvgIpc) is 3.49. The second-order valence-corrected chi connectivity index (χ2v) is 10.3. The molecule has 5 rings (SSSR count). The van der Waals surface area contributed by atoms with Crippen LogP contribution in [0.1, 0.15) is 9.75 Å². The van der Waals surface area contributed by atoms with Gasteiger partial charge in [0.1, 0.15) is 0 Å². The fourth-order valence-corrected chi connectivity index (χ4v) is 6.83. The van der Waals surface area contributed by atoms with Gasteiger partial charge in [-0.15, -0.1) is 45.3 Å². The van der Waals surface area contributed by atoms with Gasteiger partial charge in [0, 0.05) is 40.4 Å². The van der Waals surface area contributed by atoms with Gasteiger partial charge in [0.05, 0.1) is 11.4 Å². The van der Waals surface area contributed by atoms with Crippen LogP contribution in [0.5, 0.6) is 0 Å². The fourth-order valence-electron chi connectivity index (χ4n) is 3.08. The summed E-state index contributed by atoms with van der Waals surface area (Å²) in [5.74, 6) is 0. The Balaban J connectivity index is 1.48. The van der Waals surface area contributed by atoms with Crippen LogP contribution in [-0.2, 0) is 0 Å². The van der Waals surface area contributed by atoms with E-state index in [9.17, 15) is 0 Å². The van der Waals surface area contributed by atoms with E-state index in [1.807, 2.05) is 12.2 Å². The lowest BCUT2D eigenvalue weighted by Crippen LogP contribution is -2.17. The minimum Gasteiger partial charge on any atom is -0.298 e. The van der Waals surface area contributed by atoms with Crippen LogP contribution in [0.3, 0.4) is 0 Å². The molecular formula is C22H14N2S4. The Morgan fingerprint density at radius 3 is 1.32 bits per heavy atom. The van der Waals surface area contributed by atoms with Crippen LogP contribution >= 0.6 is 45.3 Å². The molecule has 1 aliphatic carbocycles. The summed E-state index contributed by atoms with van der Waals surface area (Å²) >= 11 is 6.81. The van der Waals surface area contributed by atoms with E-state index in [1.165, 1.54) is 19.5 Å². The number of nitrogens with one attached hydrogen (secondary N) is 2. The number of rotatable bonds is 4. The van der Waals surface area contributed by atoms with Crippen molar-refractivity contribution in [3.8, 4) is 19.5 Å². The molecule has 0 aromatic carbocycles. The van der Waals surface area contributed by atoms with Gasteiger partial charge in [-0.25, -0.2) is 0 Å². The molecule has 4 aromatic rings. The molecule has 0 radical (unpaired) electrons. The molecular weight excluding hydrogens is 421 g/mol. The Labute approximate surface area is 178 Å². The highest BCUT2D eigenvalue weighted by Crippen LogP contribution is 2.39. The predicted octanol–water partition coefficient (Wildman–Crippen LogP) is 7.79. The van der Waals surface area contributed by atoms with Gasteiger partial charge in [0.2, 0.25) is 0 Å². The van der Waals surface area contributed by atoms with Gasteiger partial charge >= 0.3 is 0 Å². The molecule has 0 saturated carbocycles. The van der Waals surface area contributed by atoms with Crippen molar-refractivity contribution in [1.29, 1.82) is 10.8 Å². The van der Waals surface area contributed by atoms with Gasteiger partial charge in [-0.1, -0.05) is 24.3 Å². The third kappa shape index (κ3) is 3.08. The number of hydrogen-bond acceptors (Lipinski definition) is 6. The molecule has 4 heterocycles. The van der Waals surface area contributed by atoms with Gasteiger partial charge < -0.3 is 0 Å². The molecule has 2 nitrogen and oxygen atoms in total. The lowest BCUT2D eigenvalue weighted by Gasteiger charge is -2.15. The summed E-state index contributed by atoms with van der Waals surface area (Å²) in [6.45, 7) is 0. The SMILES string of the molecule is N=C1C(=N)C(c2ccc(-c3cccs3)s2)=CC=C1c1ccc(-c2cccs2)s1. The van der Waals surface area contributed by atoms with Crippen LogP contribution in [0.4, 0.5) is 0 Å². The quantitative estimate of drug-likeness (QED) is 0.308. The van der Waals surface area contributed by atoms with E-state index in [1.54, 1.807) is 45.3 Å². The predicted molar refractivity (Wildman–Crippen MR) is 127 cm³/mol. The molecule has 0 fully saturated rings. The second-order valence-electron chi connectivity index (χ2n) is 6.19. The summed E-state index contributed by atoms with van der Waals surface area (Å²) in [5.41, 5.74) is 2.25. The third-order valence-corrected chi connectivity index (χ3v) is 8.84. The highest BCUT2D eigenvalue weighted by Gasteiger charge is 2.23. The van der Waals surface area contributed by atoms with Crippen molar-refractivity contribution in [3.63, 3.8) is 0 Å². The van der Waals surface area contributed by atoms with Gasteiger partial charge in [-0.05, 0) is 47.2 Å². The van der Waals surface area contributed by atoms with Crippen LogP contribution in [0, 0.1) is 10.8 Å². The van der Waals surface area contributed by atoms with E-state index in [0.717, 1.165) is 20.9 Å². The number of allylic oxidation sites excluding steroid dienone is 4. The highest BCUT2D eigenvalue weighted by atomic mass is 32.1. The van der Waals surface area contributed by atoms with Crippen LogP contribution in [-0.4, -0.2) is 11.4 Å². The highest BCUT2D eigenvalue weighted by molar-refractivity contribution is 7.23. The summed E-state index contributed by atoms with van der Waals surface area (Å²) in [4.78, 5) is 6.98. The van der Waals surface area contributed by atoms with Gasteiger partial charge in [0.15, 0.2) is 0 Å². The molecule has 6 heteroatoms. The smallest absolute Gasteiger partial charge is 0.0882 e. The molecule has 0 saturated heterocycles. The molecule has 0 bridgehead atoms. The van der Waals surface area contributed by atoms with Crippen molar-refractivity contribution in [3.05, 3.63) is 81.2 Å². The van der Waals surface area contributed by atoms with Crippen LogP contribution < -0.4 is 0 Å². The normalized spacial score (nSPS) is 14.3. The largest absolute Gasteiger partial charge is 0.298 e. The summed E-state index contributed by atoms with van der Waals surface area (Å²) in [6.07, 6.45) is 3.98. The maximum absolute atomic E-state index is 8.58. The zero-order chi connectivity index (χ0) is 19.1. The molecule has 28 heavy (non-hydrogen) atoms. The Bertz CT molecular complexity index is 1130. The van der Waals surface area contributed by atoms with Crippen molar-refractivity contribution in [2.45, 2.75) is 0 Å². The van der Waals surface area contributed by atoms with Crippen molar-refractivity contribution in [1.82, 2.24) is 0 Å². The summed E-state index contributed by atoms with van der Waals surface area (Å²) in [7, 11) is 0. The van der Waals surface area contributed by atoms with E-state index in [0.29, 0.717) is 11.4 Å².